The van der Waals surface area contributed by atoms with Gasteiger partial charge in [-0.05, 0) is 43.7 Å². The van der Waals surface area contributed by atoms with Crippen LogP contribution < -0.4 is 0 Å². The van der Waals surface area contributed by atoms with Gasteiger partial charge in [0.15, 0.2) is 0 Å². The Kier molecular flexibility index (Phi) is 6.45. The molecule has 0 saturated heterocycles. The molecule has 0 N–H and O–H groups in total. The highest BCUT2D eigenvalue weighted by Crippen LogP contribution is 2.27. The number of ether oxygens (including phenoxy) is 1. The topological polar surface area (TPSA) is 12.5 Å². The zero-order chi connectivity index (χ0) is 16.6. The van der Waals surface area contributed by atoms with Gasteiger partial charge in [0.25, 0.3) is 0 Å². The summed E-state index contributed by atoms with van der Waals surface area (Å²) in [5.41, 5.74) is 2.81. The summed E-state index contributed by atoms with van der Waals surface area (Å²) in [6.07, 6.45) is 5.34. The summed E-state index contributed by atoms with van der Waals surface area (Å²) in [4.78, 5) is 2.66. The third kappa shape index (κ3) is 4.93. The lowest BCUT2D eigenvalue weighted by Crippen LogP contribution is -2.38. The van der Waals surface area contributed by atoms with Gasteiger partial charge in [0.1, 0.15) is 0 Å². The molecule has 0 amide bonds. The average Bonchev–Trinajstić information content (AvgIpc) is 2.64. The van der Waals surface area contributed by atoms with E-state index in [0.717, 1.165) is 19.7 Å². The third-order valence-corrected chi connectivity index (χ3v) is 5.02. The van der Waals surface area contributed by atoms with Gasteiger partial charge in [0.2, 0.25) is 0 Å². The van der Waals surface area contributed by atoms with Gasteiger partial charge in [0, 0.05) is 25.7 Å². The molecule has 3 rings (SSSR count). The van der Waals surface area contributed by atoms with Crippen molar-refractivity contribution in [3.05, 3.63) is 71.8 Å². The van der Waals surface area contributed by atoms with Gasteiger partial charge in [-0.25, -0.2) is 0 Å². The molecule has 0 aromatic heterocycles. The SMILES string of the molecule is CCOC1CCC(N(Cc2ccccc2)Cc2ccccc2)CC1. The maximum absolute atomic E-state index is 5.83. The van der Waals surface area contributed by atoms with Crippen molar-refractivity contribution < 1.29 is 4.74 Å². The highest BCUT2D eigenvalue weighted by Gasteiger charge is 2.26. The van der Waals surface area contributed by atoms with Crippen LogP contribution in [0.3, 0.4) is 0 Å². The van der Waals surface area contributed by atoms with E-state index in [0.29, 0.717) is 12.1 Å². The molecule has 1 aliphatic carbocycles. The lowest BCUT2D eigenvalue weighted by molar-refractivity contribution is 0.0105. The molecule has 0 radical (unpaired) electrons. The highest BCUT2D eigenvalue weighted by molar-refractivity contribution is 5.17. The van der Waals surface area contributed by atoms with E-state index in [1.54, 1.807) is 0 Å². The molecule has 0 aliphatic heterocycles. The van der Waals surface area contributed by atoms with Crippen molar-refractivity contribution in [2.45, 2.75) is 57.8 Å². The van der Waals surface area contributed by atoms with Crippen molar-refractivity contribution in [2.75, 3.05) is 6.61 Å². The van der Waals surface area contributed by atoms with Crippen LogP contribution in [0.5, 0.6) is 0 Å². The van der Waals surface area contributed by atoms with Gasteiger partial charge in [-0.2, -0.15) is 0 Å². The summed E-state index contributed by atoms with van der Waals surface area (Å²) < 4.78 is 5.83. The predicted molar refractivity (Wildman–Crippen MR) is 99.8 cm³/mol. The maximum atomic E-state index is 5.83. The quantitative estimate of drug-likeness (QED) is 0.708. The van der Waals surface area contributed by atoms with Crippen LogP contribution >= 0.6 is 0 Å². The van der Waals surface area contributed by atoms with E-state index >= 15 is 0 Å². The average molecular weight is 323 g/mol. The first-order valence-corrected chi connectivity index (χ1v) is 9.28. The lowest BCUT2D eigenvalue weighted by Gasteiger charge is -2.37. The second-order valence-electron chi connectivity index (χ2n) is 6.76. The van der Waals surface area contributed by atoms with E-state index in [-0.39, 0.29) is 0 Å². The monoisotopic (exact) mass is 323 g/mol. The Morgan fingerprint density at radius 1 is 0.792 bits per heavy atom. The molecule has 1 fully saturated rings. The lowest BCUT2D eigenvalue weighted by atomic mass is 9.91. The van der Waals surface area contributed by atoms with E-state index in [4.69, 9.17) is 4.74 Å². The van der Waals surface area contributed by atoms with E-state index < -0.39 is 0 Å². The molecule has 1 saturated carbocycles. The highest BCUT2D eigenvalue weighted by atomic mass is 16.5. The minimum Gasteiger partial charge on any atom is -0.379 e. The Hall–Kier alpha value is -1.64. The summed E-state index contributed by atoms with van der Waals surface area (Å²) in [6, 6.07) is 22.4. The molecule has 0 atom stereocenters. The Labute approximate surface area is 146 Å². The van der Waals surface area contributed by atoms with E-state index in [1.165, 1.54) is 36.8 Å². The normalized spacial score (nSPS) is 21.1. The second-order valence-corrected chi connectivity index (χ2v) is 6.76. The standard InChI is InChI=1S/C22H29NO/c1-2-24-22-15-13-21(14-16-22)23(17-19-9-5-3-6-10-19)18-20-11-7-4-8-12-20/h3-12,21-22H,2,13-18H2,1H3. The van der Waals surface area contributed by atoms with Gasteiger partial charge >= 0.3 is 0 Å². The molecule has 0 spiro atoms. The number of hydrogen-bond acceptors (Lipinski definition) is 2. The van der Waals surface area contributed by atoms with Gasteiger partial charge in [-0.1, -0.05) is 60.7 Å². The van der Waals surface area contributed by atoms with Crippen LogP contribution in [0.25, 0.3) is 0 Å². The first kappa shape index (κ1) is 17.2. The fourth-order valence-electron chi connectivity index (χ4n) is 3.76. The summed E-state index contributed by atoms with van der Waals surface area (Å²) in [6.45, 7) is 5.00. The van der Waals surface area contributed by atoms with Crippen LogP contribution in [-0.2, 0) is 17.8 Å². The Bertz CT molecular complexity index is 534. The van der Waals surface area contributed by atoms with Crippen LogP contribution in [-0.4, -0.2) is 23.7 Å². The van der Waals surface area contributed by atoms with Crippen LogP contribution in [0.1, 0.15) is 43.7 Å². The van der Waals surface area contributed by atoms with Crippen molar-refractivity contribution in [1.82, 2.24) is 4.90 Å². The molecule has 128 valence electrons. The molecule has 2 nitrogen and oxygen atoms in total. The second kappa shape index (κ2) is 9.00. The number of nitrogens with zero attached hydrogens (tertiary/aromatic N) is 1. The zero-order valence-corrected chi connectivity index (χ0v) is 14.7. The predicted octanol–water partition coefficient (Wildman–Crippen LogP) is 5.04. The minimum absolute atomic E-state index is 0.474. The van der Waals surface area contributed by atoms with Crippen molar-refractivity contribution in [3.63, 3.8) is 0 Å². The van der Waals surface area contributed by atoms with Crippen LogP contribution in [0.15, 0.2) is 60.7 Å². The van der Waals surface area contributed by atoms with Crippen molar-refractivity contribution in [1.29, 1.82) is 0 Å². The van der Waals surface area contributed by atoms with E-state index in [1.807, 2.05) is 0 Å². The number of rotatable bonds is 7. The van der Waals surface area contributed by atoms with E-state index in [9.17, 15) is 0 Å². The molecule has 0 bridgehead atoms. The van der Waals surface area contributed by atoms with Crippen molar-refractivity contribution >= 4 is 0 Å². The van der Waals surface area contributed by atoms with Gasteiger partial charge in [-0.3, -0.25) is 4.90 Å². The van der Waals surface area contributed by atoms with Crippen LogP contribution in [0.4, 0.5) is 0 Å². The third-order valence-electron chi connectivity index (χ3n) is 5.02. The fourth-order valence-corrected chi connectivity index (χ4v) is 3.76. The molecule has 24 heavy (non-hydrogen) atoms. The molecule has 2 aromatic carbocycles. The molecular formula is C22H29NO. The summed E-state index contributed by atoms with van der Waals surface area (Å²) >= 11 is 0. The summed E-state index contributed by atoms with van der Waals surface area (Å²) in [5, 5.41) is 0. The van der Waals surface area contributed by atoms with Gasteiger partial charge < -0.3 is 4.74 Å². The first-order chi connectivity index (χ1) is 11.8. The van der Waals surface area contributed by atoms with Gasteiger partial charge in [0.05, 0.1) is 6.10 Å². The molecule has 1 aliphatic rings. The van der Waals surface area contributed by atoms with Crippen molar-refractivity contribution in [3.8, 4) is 0 Å². The Balaban J connectivity index is 1.67. The summed E-state index contributed by atoms with van der Waals surface area (Å²) in [7, 11) is 0. The van der Waals surface area contributed by atoms with Gasteiger partial charge in [-0.15, -0.1) is 0 Å². The van der Waals surface area contributed by atoms with Crippen LogP contribution in [0, 0.1) is 0 Å². The largest absolute Gasteiger partial charge is 0.379 e. The summed E-state index contributed by atoms with van der Waals surface area (Å²) in [5.74, 6) is 0. The smallest absolute Gasteiger partial charge is 0.0576 e. The first-order valence-electron chi connectivity index (χ1n) is 9.28. The Morgan fingerprint density at radius 3 is 1.75 bits per heavy atom. The zero-order valence-electron chi connectivity index (χ0n) is 14.7. The van der Waals surface area contributed by atoms with Crippen molar-refractivity contribution in [2.24, 2.45) is 0 Å². The molecule has 2 heteroatoms. The number of benzene rings is 2. The number of hydrogen-bond donors (Lipinski definition) is 0. The molecule has 0 heterocycles. The molecular weight excluding hydrogens is 294 g/mol. The Morgan fingerprint density at radius 2 is 1.29 bits per heavy atom. The van der Waals surface area contributed by atoms with Crippen LogP contribution in [0.2, 0.25) is 0 Å². The molecule has 0 unspecified atom stereocenters. The maximum Gasteiger partial charge on any atom is 0.0576 e. The van der Waals surface area contributed by atoms with E-state index in [2.05, 4.69) is 72.5 Å². The fraction of sp³-hybridized carbons (Fsp3) is 0.455. The molecule has 2 aromatic rings. The minimum atomic E-state index is 0.474.